The van der Waals surface area contributed by atoms with E-state index in [1.165, 1.54) is 32.1 Å². The van der Waals surface area contributed by atoms with E-state index in [0.29, 0.717) is 11.9 Å². The van der Waals surface area contributed by atoms with Crippen LogP contribution in [0.4, 0.5) is 0 Å². The Morgan fingerprint density at radius 3 is 2.63 bits per heavy atom. The first kappa shape index (κ1) is 23.1. The van der Waals surface area contributed by atoms with Crippen molar-refractivity contribution in [3.8, 4) is 5.75 Å². The zero-order valence-electron chi connectivity index (χ0n) is 18.0. The Hall–Kier alpha value is -1.52. The fourth-order valence-corrected chi connectivity index (χ4v) is 5.18. The van der Waals surface area contributed by atoms with Gasteiger partial charge in [0.2, 0.25) is 0 Å². The summed E-state index contributed by atoms with van der Waals surface area (Å²) in [6.07, 6.45) is 8.86. The summed E-state index contributed by atoms with van der Waals surface area (Å²) in [5.41, 5.74) is 3.17. The Kier molecular flexibility index (Phi) is 8.64. The van der Waals surface area contributed by atoms with Crippen molar-refractivity contribution in [3.63, 3.8) is 0 Å². The number of rotatable bonds is 8. The SMILES string of the molecule is CCCN(C(=N)c1cccc(Cl)c1CCc1cc(Br)ccc1OC)C1CCCCC1. The van der Waals surface area contributed by atoms with Crippen LogP contribution in [0.3, 0.4) is 0 Å². The molecule has 0 amide bonds. The van der Waals surface area contributed by atoms with E-state index < -0.39 is 0 Å². The van der Waals surface area contributed by atoms with Crippen molar-refractivity contribution in [2.75, 3.05) is 13.7 Å². The molecule has 1 aliphatic rings. The van der Waals surface area contributed by atoms with Crippen molar-refractivity contribution in [1.82, 2.24) is 4.90 Å². The van der Waals surface area contributed by atoms with Gasteiger partial charge in [-0.1, -0.05) is 65.8 Å². The third-order valence-corrected chi connectivity index (χ3v) is 6.88. The molecule has 1 N–H and O–H groups in total. The van der Waals surface area contributed by atoms with Gasteiger partial charge < -0.3 is 9.64 Å². The molecule has 5 heteroatoms. The monoisotopic (exact) mass is 490 g/mol. The van der Waals surface area contributed by atoms with Gasteiger partial charge in [0.05, 0.1) is 7.11 Å². The maximum Gasteiger partial charge on any atom is 0.128 e. The normalized spacial score (nSPS) is 14.5. The summed E-state index contributed by atoms with van der Waals surface area (Å²) in [6, 6.07) is 12.5. The molecular formula is C25H32BrClN2O. The second kappa shape index (κ2) is 11.2. The molecular weight excluding hydrogens is 460 g/mol. The molecule has 0 heterocycles. The van der Waals surface area contributed by atoms with E-state index in [9.17, 15) is 0 Å². The van der Waals surface area contributed by atoms with Crippen LogP contribution >= 0.6 is 27.5 Å². The largest absolute Gasteiger partial charge is 0.496 e. The molecule has 0 aromatic heterocycles. The van der Waals surface area contributed by atoms with Crippen LogP contribution in [0.1, 0.15) is 62.1 Å². The van der Waals surface area contributed by atoms with E-state index in [1.807, 2.05) is 24.3 Å². The van der Waals surface area contributed by atoms with Crippen LogP contribution in [-0.2, 0) is 12.8 Å². The summed E-state index contributed by atoms with van der Waals surface area (Å²) in [4.78, 5) is 2.33. The predicted molar refractivity (Wildman–Crippen MR) is 130 cm³/mol. The van der Waals surface area contributed by atoms with Crippen molar-refractivity contribution >= 4 is 33.4 Å². The first-order valence-electron chi connectivity index (χ1n) is 11.0. The van der Waals surface area contributed by atoms with Crippen molar-refractivity contribution in [2.45, 2.75) is 64.3 Å². The van der Waals surface area contributed by atoms with Crippen molar-refractivity contribution in [3.05, 3.63) is 62.6 Å². The predicted octanol–water partition coefficient (Wildman–Crippen LogP) is 7.27. The average molecular weight is 492 g/mol. The molecule has 3 rings (SSSR count). The first-order valence-corrected chi connectivity index (χ1v) is 12.2. The van der Waals surface area contributed by atoms with Crippen molar-refractivity contribution < 1.29 is 4.74 Å². The molecule has 3 nitrogen and oxygen atoms in total. The highest BCUT2D eigenvalue weighted by Crippen LogP contribution is 2.30. The van der Waals surface area contributed by atoms with E-state index in [-0.39, 0.29) is 0 Å². The van der Waals surface area contributed by atoms with Gasteiger partial charge in [-0.2, -0.15) is 0 Å². The molecule has 162 valence electrons. The van der Waals surface area contributed by atoms with Crippen LogP contribution in [0.5, 0.6) is 5.75 Å². The average Bonchev–Trinajstić information content (AvgIpc) is 2.76. The standard InChI is InChI=1S/C25H32BrClN2O/c1-3-16-29(20-8-5-4-6-9-20)25(28)22-10-7-11-23(27)21(22)14-12-18-17-19(26)13-15-24(18)30-2/h7,10-11,13,15,17,20,28H,3-6,8-9,12,14,16H2,1-2H3. The van der Waals surface area contributed by atoms with Gasteiger partial charge in [-0.25, -0.2) is 0 Å². The number of halogens is 2. The Labute approximate surface area is 194 Å². The molecule has 0 spiro atoms. The fraction of sp³-hybridized carbons (Fsp3) is 0.480. The maximum atomic E-state index is 9.09. The highest BCUT2D eigenvalue weighted by atomic mass is 79.9. The number of aryl methyl sites for hydroxylation is 1. The van der Waals surface area contributed by atoms with E-state index in [4.69, 9.17) is 21.7 Å². The second-order valence-corrected chi connectivity index (χ2v) is 9.38. The highest BCUT2D eigenvalue weighted by molar-refractivity contribution is 9.10. The summed E-state index contributed by atoms with van der Waals surface area (Å²) in [5, 5.41) is 9.84. The van der Waals surface area contributed by atoms with Crippen LogP contribution in [0.2, 0.25) is 5.02 Å². The first-order chi connectivity index (χ1) is 14.5. The smallest absolute Gasteiger partial charge is 0.128 e. The zero-order chi connectivity index (χ0) is 21.5. The molecule has 30 heavy (non-hydrogen) atoms. The van der Waals surface area contributed by atoms with Gasteiger partial charge in [0.1, 0.15) is 11.6 Å². The summed E-state index contributed by atoms with van der Waals surface area (Å²) in [7, 11) is 1.70. The minimum Gasteiger partial charge on any atom is -0.496 e. The van der Waals surface area contributed by atoms with Crippen LogP contribution in [0.15, 0.2) is 40.9 Å². The molecule has 0 bridgehead atoms. The Balaban J connectivity index is 1.86. The third-order valence-electron chi connectivity index (χ3n) is 6.03. The number of benzene rings is 2. The summed E-state index contributed by atoms with van der Waals surface area (Å²) in [6.45, 7) is 3.12. The van der Waals surface area contributed by atoms with E-state index in [1.54, 1.807) is 7.11 Å². The van der Waals surface area contributed by atoms with Gasteiger partial charge in [-0.15, -0.1) is 0 Å². The molecule has 0 aliphatic heterocycles. The Morgan fingerprint density at radius 1 is 1.17 bits per heavy atom. The number of ether oxygens (including phenoxy) is 1. The van der Waals surface area contributed by atoms with Gasteiger partial charge in [0, 0.05) is 27.6 Å². The number of hydrogen-bond donors (Lipinski definition) is 1. The minimum atomic E-state index is 0.475. The molecule has 1 fully saturated rings. The highest BCUT2D eigenvalue weighted by Gasteiger charge is 2.25. The molecule has 2 aromatic rings. The molecule has 0 atom stereocenters. The lowest BCUT2D eigenvalue weighted by Crippen LogP contribution is -2.42. The van der Waals surface area contributed by atoms with Crippen molar-refractivity contribution in [1.29, 1.82) is 5.41 Å². The van der Waals surface area contributed by atoms with Crippen LogP contribution in [0.25, 0.3) is 0 Å². The fourth-order valence-electron chi connectivity index (χ4n) is 4.50. The van der Waals surface area contributed by atoms with Crippen LogP contribution in [-0.4, -0.2) is 30.4 Å². The number of amidine groups is 1. The molecule has 2 aromatic carbocycles. The lowest BCUT2D eigenvalue weighted by Gasteiger charge is -2.36. The van der Waals surface area contributed by atoms with Gasteiger partial charge in [0.15, 0.2) is 0 Å². The molecule has 1 saturated carbocycles. The molecule has 0 unspecified atom stereocenters. The third kappa shape index (κ3) is 5.59. The molecule has 1 aliphatic carbocycles. The number of nitrogens with one attached hydrogen (secondary N) is 1. The number of nitrogens with zero attached hydrogens (tertiary/aromatic N) is 1. The lowest BCUT2D eigenvalue weighted by molar-refractivity contribution is 0.243. The minimum absolute atomic E-state index is 0.475. The van der Waals surface area contributed by atoms with Crippen LogP contribution in [0, 0.1) is 5.41 Å². The quantitative estimate of drug-likeness (QED) is 0.311. The molecule has 0 radical (unpaired) electrons. The van der Waals surface area contributed by atoms with Gasteiger partial charge in [-0.05, 0) is 67.5 Å². The topological polar surface area (TPSA) is 36.3 Å². The summed E-state index contributed by atoms with van der Waals surface area (Å²) in [5.74, 6) is 1.51. The second-order valence-electron chi connectivity index (χ2n) is 8.06. The van der Waals surface area contributed by atoms with Gasteiger partial charge >= 0.3 is 0 Å². The lowest BCUT2D eigenvalue weighted by atomic mass is 9.92. The van der Waals surface area contributed by atoms with E-state index >= 15 is 0 Å². The summed E-state index contributed by atoms with van der Waals surface area (Å²) >= 11 is 10.2. The summed E-state index contributed by atoms with van der Waals surface area (Å²) < 4.78 is 6.58. The van der Waals surface area contributed by atoms with Gasteiger partial charge in [0.25, 0.3) is 0 Å². The van der Waals surface area contributed by atoms with E-state index in [2.05, 4.69) is 39.9 Å². The maximum absolute atomic E-state index is 9.09. The number of hydrogen-bond acceptors (Lipinski definition) is 2. The van der Waals surface area contributed by atoms with Crippen LogP contribution < -0.4 is 4.74 Å². The van der Waals surface area contributed by atoms with E-state index in [0.717, 1.165) is 57.7 Å². The number of methoxy groups -OCH3 is 1. The van der Waals surface area contributed by atoms with Crippen molar-refractivity contribution in [2.24, 2.45) is 0 Å². The Morgan fingerprint density at radius 2 is 1.93 bits per heavy atom. The Bertz CT molecular complexity index is 864. The van der Waals surface area contributed by atoms with Gasteiger partial charge in [-0.3, -0.25) is 5.41 Å². The zero-order valence-corrected chi connectivity index (χ0v) is 20.4. The molecule has 0 saturated heterocycles.